The average Bonchev–Trinajstić information content (AvgIpc) is 2.50. The van der Waals surface area contributed by atoms with Gasteiger partial charge in [0.05, 0.1) is 0 Å². The van der Waals surface area contributed by atoms with Gasteiger partial charge in [-0.1, -0.05) is 31.2 Å². The maximum Gasteiger partial charge on any atom is 0.162 e. The van der Waals surface area contributed by atoms with Gasteiger partial charge in [-0.05, 0) is 42.8 Å². The second kappa shape index (κ2) is 7.74. The minimum Gasteiger partial charge on any atom is -0.489 e. The molecule has 0 atom stereocenters. The molecule has 0 aliphatic heterocycles. The second-order valence-corrected chi connectivity index (χ2v) is 4.78. The molecule has 0 spiro atoms. The van der Waals surface area contributed by atoms with Gasteiger partial charge in [-0.15, -0.1) is 0 Å². The Morgan fingerprint density at radius 1 is 0.952 bits per heavy atom. The molecule has 2 aromatic rings. The van der Waals surface area contributed by atoms with Crippen LogP contribution in [0.3, 0.4) is 0 Å². The third kappa shape index (κ3) is 4.83. The minimum atomic E-state index is -0.897. The molecule has 0 amide bonds. The maximum atomic E-state index is 13.0. The van der Waals surface area contributed by atoms with E-state index in [1.165, 1.54) is 11.6 Å². The molecule has 0 aromatic heterocycles. The molecular weight excluding hydrogens is 272 g/mol. The number of hydrogen-bond acceptors (Lipinski definition) is 2. The third-order valence-electron chi connectivity index (χ3n) is 3.16. The van der Waals surface area contributed by atoms with E-state index < -0.39 is 11.6 Å². The van der Waals surface area contributed by atoms with Crippen molar-refractivity contribution in [3.8, 4) is 5.75 Å². The first-order chi connectivity index (χ1) is 10.2. The number of ether oxygens (including phenoxy) is 1. The SMILES string of the molecule is CCNCCc1ccc(COc2ccc(F)c(F)c2)cc1. The Balaban J connectivity index is 1.86. The summed E-state index contributed by atoms with van der Waals surface area (Å²) in [5.74, 6) is -1.44. The summed E-state index contributed by atoms with van der Waals surface area (Å²) in [6, 6.07) is 11.6. The molecule has 0 fully saturated rings. The summed E-state index contributed by atoms with van der Waals surface area (Å²) >= 11 is 0. The van der Waals surface area contributed by atoms with E-state index in [0.29, 0.717) is 12.4 Å². The summed E-state index contributed by atoms with van der Waals surface area (Å²) in [6.07, 6.45) is 0.984. The summed E-state index contributed by atoms with van der Waals surface area (Å²) in [6.45, 7) is 4.35. The van der Waals surface area contributed by atoms with Crippen molar-refractivity contribution in [3.05, 3.63) is 65.2 Å². The fourth-order valence-electron chi connectivity index (χ4n) is 1.94. The van der Waals surface area contributed by atoms with Crippen LogP contribution in [-0.4, -0.2) is 13.1 Å². The van der Waals surface area contributed by atoms with Crippen LogP contribution in [0.4, 0.5) is 8.78 Å². The highest BCUT2D eigenvalue weighted by atomic mass is 19.2. The highest BCUT2D eigenvalue weighted by molar-refractivity contribution is 5.26. The summed E-state index contributed by atoms with van der Waals surface area (Å²) in [7, 11) is 0. The summed E-state index contributed by atoms with van der Waals surface area (Å²) in [5.41, 5.74) is 2.25. The summed E-state index contributed by atoms with van der Waals surface area (Å²) < 4.78 is 31.3. The van der Waals surface area contributed by atoms with Gasteiger partial charge in [0.2, 0.25) is 0 Å². The van der Waals surface area contributed by atoms with Crippen LogP contribution in [0, 0.1) is 11.6 Å². The van der Waals surface area contributed by atoms with Crippen LogP contribution < -0.4 is 10.1 Å². The van der Waals surface area contributed by atoms with E-state index in [9.17, 15) is 8.78 Å². The van der Waals surface area contributed by atoms with Gasteiger partial charge in [-0.25, -0.2) is 8.78 Å². The van der Waals surface area contributed by atoms with Crippen LogP contribution in [0.2, 0.25) is 0 Å². The molecule has 0 unspecified atom stereocenters. The first-order valence-corrected chi connectivity index (χ1v) is 7.05. The lowest BCUT2D eigenvalue weighted by atomic mass is 10.1. The van der Waals surface area contributed by atoms with Crippen LogP contribution in [0.5, 0.6) is 5.75 Å². The summed E-state index contributed by atoms with van der Waals surface area (Å²) in [5, 5.41) is 3.28. The molecule has 0 aliphatic rings. The van der Waals surface area contributed by atoms with Crippen molar-refractivity contribution >= 4 is 0 Å². The molecule has 0 bridgehead atoms. The first-order valence-electron chi connectivity index (χ1n) is 7.05. The molecule has 0 saturated carbocycles. The highest BCUT2D eigenvalue weighted by Gasteiger charge is 2.03. The van der Waals surface area contributed by atoms with Crippen LogP contribution in [-0.2, 0) is 13.0 Å². The largest absolute Gasteiger partial charge is 0.489 e. The van der Waals surface area contributed by atoms with Crippen molar-refractivity contribution in [3.63, 3.8) is 0 Å². The van der Waals surface area contributed by atoms with Crippen LogP contribution in [0.15, 0.2) is 42.5 Å². The second-order valence-electron chi connectivity index (χ2n) is 4.78. The van der Waals surface area contributed by atoms with Gasteiger partial charge >= 0.3 is 0 Å². The standard InChI is InChI=1S/C17H19F2NO/c1-2-20-10-9-13-3-5-14(6-4-13)12-21-15-7-8-16(18)17(19)11-15/h3-8,11,20H,2,9-10,12H2,1H3. The van der Waals surface area contributed by atoms with E-state index in [-0.39, 0.29) is 0 Å². The van der Waals surface area contributed by atoms with Crippen molar-refractivity contribution in [1.29, 1.82) is 0 Å². The molecule has 1 N–H and O–H groups in total. The molecule has 0 heterocycles. The molecule has 0 radical (unpaired) electrons. The van der Waals surface area contributed by atoms with Gasteiger partial charge in [0, 0.05) is 6.07 Å². The topological polar surface area (TPSA) is 21.3 Å². The summed E-state index contributed by atoms with van der Waals surface area (Å²) in [4.78, 5) is 0. The third-order valence-corrected chi connectivity index (χ3v) is 3.16. The quantitative estimate of drug-likeness (QED) is 0.785. The molecule has 21 heavy (non-hydrogen) atoms. The van der Waals surface area contributed by atoms with E-state index in [4.69, 9.17) is 4.74 Å². The lowest BCUT2D eigenvalue weighted by molar-refractivity contribution is 0.303. The molecule has 4 heteroatoms. The van der Waals surface area contributed by atoms with Gasteiger partial charge in [0.25, 0.3) is 0 Å². The first kappa shape index (κ1) is 15.4. The number of rotatable bonds is 7. The zero-order valence-electron chi connectivity index (χ0n) is 12.0. The number of hydrogen-bond donors (Lipinski definition) is 1. The van der Waals surface area contributed by atoms with Gasteiger partial charge in [0.15, 0.2) is 11.6 Å². The van der Waals surface area contributed by atoms with Crippen LogP contribution in [0.1, 0.15) is 18.1 Å². The van der Waals surface area contributed by atoms with E-state index in [1.54, 1.807) is 0 Å². The Morgan fingerprint density at radius 3 is 2.33 bits per heavy atom. The van der Waals surface area contributed by atoms with Gasteiger partial charge in [-0.2, -0.15) is 0 Å². The number of benzene rings is 2. The van der Waals surface area contributed by atoms with Crippen LogP contribution in [0.25, 0.3) is 0 Å². The van der Waals surface area contributed by atoms with Crippen molar-refractivity contribution < 1.29 is 13.5 Å². The smallest absolute Gasteiger partial charge is 0.162 e. The Kier molecular flexibility index (Phi) is 5.69. The number of likely N-dealkylation sites (N-methyl/N-ethyl adjacent to an activating group) is 1. The minimum absolute atomic E-state index is 0.324. The molecule has 0 aliphatic carbocycles. The maximum absolute atomic E-state index is 13.0. The zero-order chi connectivity index (χ0) is 15.1. The van der Waals surface area contributed by atoms with Crippen molar-refractivity contribution in [2.24, 2.45) is 0 Å². The average molecular weight is 291 g/mol. The molecule has 2 nitrogen and oxygen atoms in total. The zero-order valence-corrected chi connectivity index (χ0v) is 12.0. The normalized spacial score (nSPS) is 10.6. The highest BCUT2D eigenvalue weighted by Crippen LogP contribution is 2.17. The van der Waals surface area contributed by atoms with Crippen molar-refractivity contribution in [2.75, 3.05) is 13.1 Å². The van der Waals surface area contributed by atoms with E-state index in [0.717, 1.165) is 37.2 Å². The monoisotopic (exact) mass is 291 g/mol. The predicted octanol–water partition coefficient (Wildman–Crippen LogP) is 3.70. The fourth-order valence-corrected chi connectivity index (χ4v) is 1.94. The van der Waals surface area contributed by atoms with E-state index in [2.05, 4.69) is 24.4 Å². The Labute approximate surface area is 123 Å². The number of nitrogens with one attached hydrogen (secondary N) is 1. The number of halogens is 2. The van der Waals surface area contributed by atoms with Gasteiger partial charge in [0.1, 0.15) is 12.4 Å². The Morgan fingerprint density at radius 2 is 1.67 bits per heavy atom. The molecular formula is C17H19F2NO. The Hall–Kier alpha value is -1.94. The lowest BCUT2D eigenvalue weighted by Gasteiger charge is -2.08. The van der Waals surface area contributed by atoms with Crippen LogP contribution >= 0.6 is 0 Å². The van der Waals surface area contributed by atoms with Gasteiger partial charge < -0.3 is 10.1 Å². The van der Waals surface area contributed by atoms with Crippen molar-refractivity contribution in [2.45, 2.75) is 20.0 Å². The lowest BCUT2D eigenvalue weighted by Crippen LogP contribution is -2.15. The molecule has 112 valence electrons. The molecule has 2 rings (SSSR count). The fraction of sp³-hybridized carbons (Fsp3) is 0.294. The Bertz CT molecular complexity index is 570. The molecule has 2 aromatic carbocycles. The van der Waals surface area contributed by atoms with E-state index in [1.807, 2.05) is 12.1 Å². The van der Waals surface area contributed by atoms with E-state index >= 15 is 0 Å². The van der Waals surface area contributed by atoms with Crippen molar-refractivity contribution in [1.82, 2.24) is 5.32 Å². The van der Waals surface area contributed by atoms with Gasteiger partial charge in [-0.3, -0.25) is 0 Å². The predicted molar refractivity (Wildman–Crippen MR) is 79.4 cm³/mol. The molecule has 0 saturated heterocycles.